The van der Waals surface area contributed by atoms with Crippen LogP contribution in [0.4, 0.5) is 0 Å². The van der Waals surface area contributed by atoms with E-state index in [2.05, 4.69) is 0 Å². The van der Waals surface area contributed by atoms with Gasteiger partial charge in [0.15, 0.2) is 0 Å². The smallest absolute Gasteiger partial charge is 0.329 e. The minimum atomic E-state index is -1.30. The molecule has 10 atom stereocenters. The van der Waals surface area contributed by atoms with Gasteiger partial charge in [0.05, 0.1) is 57.5 Å². The fourth-order valence-electron chi connectivity index (χ4n) is 4.52. The fourth-order valence-corrected chi connectivity index (χ4v) is 4.52. The number of aliphatic hydroxyl groups is 4. The highest BCUT2D eigenvalue weighted by atomic mass is 16.6. The molecule has 5 unspecified atom stereocenters. The van der Waals surface area contributed by atoms with E-state index >= 15 is 0 Å². The van der Waals surface area contributed by atoms with Gasteiger partial charge in [-0.2, -0.15) is 0 Å². The van der Waals surface area contributed by atoms with Crippen LogP contribution in [-0.2, 0) is 38.0 Å². The highest BCUT2D eigenvalue weighted by molar-refractivity contribution is 5.68. The number of ether oxygens (including phenoxy) is 6. The molecule has 36 heavy (non-hydrogen) atoms. The van der Waals surface area contributed by atoms with Crippen LogP contribution in [0.5, 0.6) is 0 Å². The summed E-state index contributed by atoms with van der Waals surface area (Å²) in [5.74, 6) is -3.63. The van der Waals surface area contributed by atoms with Crippen LogP contribution in [0.15, 0.2) is 0 Å². The zero-order valence-electron chi connectivity index (χ0n) is 20.4. The van der Waals surface area contributed by atoms with Crippen molar-refractivity contribution in [2.75, 3.05) is 53.4 Å². The number of hydrogen-bond acceptors (Lipinski definition) is 12. The van der Waals surface area contributed by atoms with Crippen molar-refractivity contribution < 1.29 is 68.6 Å². The Hall–Kier alpha value is -1.46. The normalized spacial score (nSPS) is 37.1. The van der Waals surface area contributed by atoms with Crippen LogP contribution in [0, 0.1) is 11.8 Å². The first-order valence-corrected chi connectivity index (χ1v) is 11.8. The summed E-state index contributed by atoms with van der Waals surface area (Å²) in [5.41, 5.74) is 0. The van der Waals surface area contributed by atoms with E-state index in [9.17, 15) is 30.0 Å². The number of rotatable bonds is 15. The van der Waals surface area contributed by atoms with Crippen molar-refractivity contribution in [3.05, 3.63) is 0 Å². The van der Waals surface area contributed by atoms with Crippen LogP contribution in [0.1, 0.15) is 13.3 Å². The van der Waals surface area contributed by atoms with Crippen LogP contribution in [0.25, 0.3) is 0 Å². The Morgan fingerprint density at radius 1 is 0.639 bits per heavy atom. The molecule has 0 aromatic heterocycles. The molecule has 14 heteroatoms. The van der Waals surface area contributed by atoms with Gasteiger partial charge in [-0.15, -0.1) is 0 Å². The average Bonchev–Trinajstić information content (AvgIpc) is 2.81. The molecule has 14 nitrogen and oxygen atoms in total. The van der Waals surface area contributed by atoms with E-state index in [1.807, 2.05) is 0 Å². The minimum Gasteiger partial charge on any atom is -0.480 e. The van der Waals surface area contributed by atoms with Crippen LogP contribution in [-0.4, -0.2) is 145 Å². The second-order valence-corrected chi connectivity index (χ2v) is 8.93. The summed E-state index contributed by atoms with van der Waals surface area (Å²) < 4.78 is 32.6. The zero-order chi connectivity index (χ0) is 26.8. The lowest BCUT2D eigenvalue weighted by Crippen LogP contribution is -2.59. The maximum Gasteiger partial charge on any atom is 0.329 e. The minimum absolute atomic E-state index is 0.00877. The van der Waals surface area contributed by atoms with Crippen molar-refractivity contribution in [2.24, 2.45) is 11.8 Å². The van der Waals surface area contributed by atoms with E-state index in [-0.39, 0.29) is 33.0 Å². The third kappa shape index (κ3) is 8.55. The molecule has 2 heterocycles. The predicted molar refractivity (Wildman–Crippen MR) is 118 cm³/mol. The number of aliphatic hydroxyl groups excluding tert-OH is 4. The van der Waals surface area contributed by atoms with Gasteiger partial charge >= 0.3 is 11.9 Å². The van der Waals surface area contributed by atoms with E-state index in [1.54, 1.807) is 6.92 Å². The standard InChI is InChI=1S/C22H38O14/c1-3-11-13(6-33-9-17(23)24)35-16(22(30)19(11)27)8-32-4-12-14(7-34-10-18(25)26)36-15(5-31-2)21(29)20(12)28/h11-16,19-22,27-30H,3-10H2,1-2H3,(H,23,24)(H,25,26)/t11-,12+,13?,14?,15+,16-,19-,20?,21?,22?/m0/s1. The number of aliphatic carboxylic acids is 2. The molecule has 2 aliphatic heterocycles. The summed E-state index contributed by atoms with van der Waals surface area (Å²) in [5, 5.41) is 59.7. The Balaban J connectivity index is 2.00. The molecule has 0 aromatic rings. The van der Waals surface area contributed by atoms with Crippen molar-refractivity contribution in [1.82, 2.24) is 0 Å². The van der Waals surface area contributed by atoms with Gasteiger partial charge < -0.3 is 59.1 Å². The first kappa shape index (κ1) is 30.8. The van der Waals surface area contributed by atoms with Gasteiger partial charge in [-0.25, -0.2) is 9.59 Å². The molecule has 2 fully saturated rings. The largest absolute Gasteiger partial charge is 0.480 e. The van der Waals surface area contributed by atoms with Gasteiger partial charge in [0.1, 0.15) is 37.6 Å². The van der Waals surface area contributed by atoms with Crippen LogP contribution >= 0.6 is 0 Å². The topological polar surface area (TPSA) is 211 Å². The lowest BCUT2D eigenvalue weighted by molar-refractivity contribution is -0.242. The van der Waals surface area contributed by atoms with Crippen molar-refractivity contribution in [1.29, 1.82) is 0 Å². The van der Waals surface area contributed by atoms with E-state index in [0.717, 1.165) is 0 Å². The summed E-state index contributed by atoms with van der Waals surface area (Å²) in [7, 11) is 1.40. The molecule has 210 valence electrons. The van der Waals surface area contributed by atoms with Gasteiger partial charge in [-0.3, -0.25) is 0 Å². The van der Waals surface area contributed by atoms with Crippen molar-refractivity contribution in [2.45, 2.75) is 62.2 Å². The maximum absolute atomic E-state index is 10.8. The van der Waals surface area contributed by atoms with Gasteiger partial charge in [0, 0.05) is 18.9 Å². The molecule has 0 amide bonds. The monoisotopic (exact) mass is 526 g/mol. The van der Waals surface area contributed by atoms with E-state index < -0.39 is 85.8 Å². The molecule has 0 radical (unpaired) electrons. The van der Waals surface area contributed by atoms with Crippen LogP contribution in [0.3, 0.4) is 0 Å². The van der Waals surface area contributed by atoms with Crippen molar-refractivity contribution in [3.8, 4) is 0 Å². The number of methoxy groups -OCH3 is 1. The van der Waals surface area contributed by atoms with Gasteiger partial charge in [0.25, 0.3) is 0 Å². The van der Waals surface area contributed by atoms with Gasteiger partial charge in [0.2, 0.25) is 0 Å². The van der Waals surface area contributed by atoms with Gasteiger partial charge in [-0.05, 0) is 6.42 Å². The molecular weight excluding hydrogens is 488 g/mol. The molecule has 2 rings (SSSR count). The second kappa shape index (κ2) is 15.1. The van der Waals surface area contributed by atoms with Crippen LogP contribution in [0.2, 0.25) is 0 Å². The first-order valence-electron chi connectivity index (χ1n) is 11.8. The summed E-state index contributed by atoms with van der Waals surface area (Å²) in [6.07, 6.45) is -7.94. The second-order valence-electron chi connectivity index (χ2n) is 8.93. The average molecular weight is 527 g/mol. The molecule has 0 saturated carbocycles. The molecule has 6 N–H and O–H groups in total. The maximum atomic E-state index is 10.8. The molecule has 0 aromatic carbocycles. The quantitative estimate of drug-likeness (QED) is 0.130. The Morgan fingerprint density at radius 3 is 1.56 bits per heavy atom. The lowest BCUT2D eigenvalue weighted by atomic mass is 9.85. The molecule has 0 aliphatic carbocycles. The van der Waals surface area contributed by atoms with E-state index in [0.29, 0.717) is 6.42 Å². The summed E-state index contributed by atoms with van der Waals surface area (Å²) in [6.45, 7) is 0.0174. The highest BCUT2D eigenvalue weighted by Gasteiger charge is 2.46. The van der Waals surface area contributed by atoms with Crippen molar-refractivity contribution in [3.63, 3.8) is 0 Å². The fraction of sp³-hybridized carbons (Fsp3) is 0.909. The number of carbonyl (C=O) groups is 2. The number of carboxylic acids is 2. The zero-order valence-corrected chi connectivity index (χ0v) is 20.4. The highest BCUT2D eigenvalue weighted by Crippen LogP contribution is 2.31. The summed E-state index contributed by atoms with van der Waals surface area (Å²) in [6, 6.07) is 0. The molecule has 0 spiro atoms. The van der Waals surface area contributed by atoms with E-state index in [4.69, 9.17) is 38.6 Å². The summed E-state index contributed by atoms with van der Waals surface area (Å²) >= 11 is 0. The Kier molecular flexibility index (Phi) is 12.9. The van der Waals surface area contributed by atoms with Crippen LogP contribution < -0.4 is 0 Å². The molecule has 2 aliphatic rings. The van der Waals surface area contributed by atoms with E-state index in [1.165, 1.54) is 7.11 Å². The summed E-state index contributed by atoms with van der Waals surface area (Å²) in [4.78, 5) is 21.5. The SMILES string of the molecule is CC[C@H]1C(COCC(=O)O)O[C@@H](COC[C@@H]2C(COCC(=O)O)O[C@H](COC)C(O)C2O)C(O)[C@H]1O. The molecular formula is C22H38O14. The number of carboxylic acid groups (broad SMARTS) is 2. The molecule has 0 bridgehead atoms. The Morgan fingerprint density at radius 2 is 1.08 bits per heavy atom. The lowest BCUT2D eigenvalue weighted by Gasteiger charge is -2.44. The van der Waals surface area contributed by atoms with Crippen molar-refractivity contribution >= 4 is 11.9 Å². The third-order valence-electron chi connectivity index (χ3n) is 6.40. The third-order valence-corrected chi connectivity index (χ3v) is 6.40. The predicted octanol–water partition coefficient (Wildman–Crippen LogP) is -2.53. The van der Waals surface area contributed by atoms with Gasteiger partial charge in [-0.1, -0.05) is 6.92 Å². The number of hydrogen-bond donors (Lipinski definition) is 6. The Labute approximate surface area is 208 Å². The molecule has 2 saturated heterocycles. The first-order chi connectivity index (χ1) is 17.1. The Bertz CT molecular complexity index is 677.